The summed E-state index contributed by atoms with van der Waals surface area (Å²) in [5.74, 6) is 0.282. The number of anilines is 1. The molecule has 0 spiro atoms. The Balaban J connectivity index is 1.86. The number of pyridine rings is 2. The van der Waals surface area contributed by atoms with Crippen LogP contribution in [0.25, 0.3) is 22.3 Å². The van der Waals surface area contributed by atoms with Crippen LogP contribution in [-0.2, 0) is 0 Å². The van der Waals surface area contributed by atoms with Crippen molar-refractivity contribution in [1.82, 2.24) is 25.0 Å². The Morgan fingerprint density at radius 1 is 1.15 bits per heavy atom. The average Bonchev–Trinajstić information content (AvgIpc) is 3.17. The van der Waals surface area contributed by atoms with Crippen LogP contribution in [0.2, 0.25) is 0 Å². The number of nitrogen functional groups attached to an aromatic ring is 1. The lowest BCUT2D eigenvalue weighted by molar-refractivity contribution is 0.490. The molecule has 0 aliphatic rings. The van der Waals surface area contributed by atoms with Crippen molar-refractivity contribution in [3.8, 4) is 17.3 Å². The van der Waals surface area contributed by atoms with Gasteiger partial charge in [0, 0.05) is 11.8 Å². The molecule has 27 heavy (non-hydrogen) atoms. The molecule has 0 aliphatic heterocycles. The fraction of sp³-hybridized carbons (Fsp3) is 0.105. The van der Waals surface area contributed by atoms with Gasteiger partial charge in [-0.15, -0.1) is 5.10 Å². The average molecular weight is 420 g/mol. The third-order valence-corrected chi connectivity index (χ3v) is 5.00. The summed E-state index contributed by atoms with van der Waals surface area (Å²) in [6.07, 6.45) is 1.74. The highest BCUT2D eigenvalue weighted by molar-refractivity contribution is 9.10. The Hall–Kier alpha value is -3.31. The Morgan fingerprint density at radius 3 is 2.70 bits per heavy atom. The van der Waals surface area contributed by atoms with Crippen LogP contribution in [0, 0.1) is 11.3 Å². The minimum atomic E-state index is -0.157. The van der Waals surface area contributed by atoms with Crippen LogP contribution in [0.15, 0.2) is 53.1 Å². The first kappa shape index (κ1) is 17.1. The van der Waals surface area contributed by atoms with Crippen LogP contribution in [0.4, 0.5) is 5.82 Å². The first-order valence-corrected chi connectivity index (χ1v) is 9.00. The Kier molecular flexibility index (Phi) is 4.30. The highest BCUT2D eigenvalue weighted by Gasteiger charge is 2.20. The second-order valence-corrected chi connectivity index (χ2v) is 6.79. The SMILES string of the molecule is CC(c1ccccn1)n1nc2c(N)nc(-c3cccc(C#N)c3)c(Br)c2n1. The third kappa shape index (κ3) is 3.02. The molecule has 1 atom stereocenters. The van der Waals surface area contributed by atoms with Crippen LogP contribution >= 0.6 is 15.9 Å². The van der Waals surface area contributed by atoms with Crippen LogP contribution in [-0.4, -0.2) is 25.0 Å². The molecule has 1 unspecified atom stereocenters. The molecule has 0 aliphatic carbocycles. The number of hydrogen-bond donors (Lipinski definition) is 1. The molecular formula is C19H14BrN7. The fourth-order valence-corrected chi connectivity index (χ4v) is 3.40. The van der Waals surface area contributed by atoms with Crippen LogP contribution in [0.1, 0.15) is 24.2 Å². The minimum Gasteiger partial charge on any atom is -0.382 e. The number of fused-ring (bicyclic) bond motifs is 1. The van der Waals surface area contributed by atoms with Gasteiger partial charge in [0.05, 0.1) is 27.5 Å². The molecule has 8 heteroatoms. The first-order valence-electron chi connectivity index (χ1n) is 8.21. The number of nitriles is 1. The van der Waals surface area contributed by atoms with Crippen molar-refractivity contribution in [3.05, 3.63) is 64.4 Å². The van der Waals surface area contributed by atoms with Gasteiger partial charge in [0.15, 0.2) is 11.3 Å². The van der Waals surface area contributed by atoms with E-state index in [0.29, 0.717) is 26.8 Å². The van der Waals surface area contributed by atoms with Crippen molar-refractivity contribution in [2.45, 2.75) is 13.0 Å². The summed E-state index contributed by atoms with van der Waals surface area (Å²) in [4.78, 5) is 10.4. The summed E-state index contributed by atoms with van der Waals surface area (Å²) in [6.45, 7) is 1.97. The number of halogens is 1. The van der Waals surface area contributed by atoms with Crippen molar-refractivity contribution in [3.63, 3.8) is 0 Å². The normalized spacial score (nSPS) is 12.0. The van der Waals surface area contributed by atoms with E-state index >= 15 is 0 Å². The quantitative estimate of drug-likeness (QED) is 0.542. The lowest BCUT2D eigenvalue weighted by Crippen LogP contribution is -2.11. The van der Waals surface area contributed by atoms with Gasteiger partial charge in [-0.3, -0.25) is 4.98 Å². The molecule has 0 saturated heterocycles. The van der Waals surface area contributed by atoms with E-state index in [4.69, 9.17) is 11.0 Å². The van der Waals surface area contributed by atoms with Gasteiger partial charge < -0.3 is 5.73 Å². The summed E-state index contributed by atoms with van der Waals surface area (Å²) in [5, 5.41) is 18.3. The molecule has 4 aromatic rings. The molecular weight excluding hydrogens is 406 g/mol. The molecule has 0 amide bonds. The lowest BCUT2D eigenvalue weighted by atomic mass is 10.1. The smallest absolute Gasteiger partial charge is 0.156 e. The predicted molar refractivity (Wildman–Crippen MR) is 106 cm³/mol. The topological polar surface area (TPSA) is 106 Å². The highest BCUT2D eigenvalue weighted by Crippen LogP contribution is 2.34. The molecule has 3 aromatic heterocycles. The van der Waals surface area contributed by atoms with Crippen molar-refractivity contribution >= 4 is 32.8 Å². The standard InChI is InChI=1S/C19H14BrN7/c1-11(14-7-2-3-8-23-14)27-25-17-15(20)16(24-19(22)18(17)26-27)13-6-4-5-12(9-13)10-21/h2-9,11H,1H3,(H2,22,24). The fourth-order valence-electron chi connectivity index (χ4n) is 2.82. The Morgan fingerprint density at radius 2 is 1.96 bits per heavy atom. The number of nitrogens with two attached hydrogens (primary N) is 1. The van der Waals surface area contributed by atoms with Crippen molar-refractivity contribution < 1.29 is 0 Å². The lowest BCUT2D eigenvalue weighted by Gasteiger charge is -2.08. The second-order valence-electron chi connectivity index (χ2n) is 6.00. The molecule has 2 N–H and O–H groups in total. The first-order chi connectivity index (χ1) is 13.1. The zero-order valence-electron chi connectivity index (χ0n) is 14.3. The minimum absolute atomic E-state index is 0.157. The Bertz CT molecular complexity index is 1180. The van der Waals surface area contributed by atoms with Gasteiger partial charge in [-0.2, -0.15) is 15.2 Å². The predicted octanol–water partition coefficient (Wildman–Crippen LogP) is 3.71. The van der Waals surface area contributed by atoms with Gasteiger partial charge in [-0.1, -0.05) is 18.2 Å². The molecule has 0 saturated carbocycles. The van der Waals surface area contributed by atoms with E-state index in [2.05, 4.69) is 42.2 Å². The highest BCUT2D eigenvalue weighted by atomic mass is 79.9. The molecule has 132 valence electrons. The molecule has 4 rings (SSSR count). The number of nitrogens with zero attached hydrogens (tertiary/aromatic N) is 6. The molecule has 7 nitrogen and oxygen atoms in total. The maximum atomic E-state index is 9.14. The van der Waals surface area contributed by atoms with Crippen LogP contribution in [0.3, 0.4) is 0 Å². The number of benzene rings is 1. The third-order valence-electron chi connectivity index (χ3n) is 4.25. The maximum absolute atomic E-state index is 9.14. The largest absolute Gasteiger partial charge is 0.382 e. The summed E-state index contributed by atoms with van der Waals surface area (Å²) in [5.41, 5.74) is 10.1. The number of aromatic nitrogens is 5. The maximum Gasteiger partial charge on any atom is 0.156 e. The van der Waals surface area contributed by atoms with Crippen molar-refractivity contribution in [2.24, 2.45) is 0 Å². The van der Waals surface area contributed by atoms with Crippen molar-refractivity contribution in [2.75, 3.05) is 5.73 Å². The van der Waals surface area contributed by atoms with Gasteiger partial charge in [-0.25, -0.2) is 4.98 Å². The van der Waals surface area contributed by atoms with E-state index in [9.17, 15) is 0 Å². The van der Waals surface area contributed by atoms with Gasteiger partial charge >= 0.3 is 0 Å². The zero-order valence-corrected chi connectivity index (χ0v) is 15.9. The van der Waals surface area contributed by atoms with E-state index < -0.39 is 0 Å². The number of hydrogen-bond acceptors (Lipinski definition) is 6. The molecule has 1 aromatic carbocycles. The monoisotopic (exact) mass is 419 g/mol. The van der Waals surface area contributed by atoms with E-state index in [1.807, 2.05) is 37.3 Å². The van der Waals surface area contributed by atoms with Gasteiger partial charge in [-0.05, 0) is 47.1 Å². The number of rotatable bonds is 3. The summed E-state index contributed by atoms with van der Waals surface area (Å²) in [7, 11) is 0. The van der Waals surface area contributed by atoms with Gasteiger partial charge in [0.2, 0.25) is 0 Å². The molecule has 0 radical (unpaired) electrons. The van der Waals surface area contributed by atoms with Gasteiger partial charge in [0.25, 0.3) is 0 Å². The van der Waals surface area contributed by atoms with E-state index in [1.54, 1.807) is 23.1 Å². The van der Waals surface area contributed by atoms with E-state index in [1.165, 1.54) is 0 Å². The summed E-state index contributed by atoms with van der Waals surface area (Å²) < 4.78 is 0.682. The van der Waals surface area contributed by atoms with Gasteiger partial charge in [0.1, 0.15) is 11.6 Å². The Labute approximate surface area is 163 Å². The van der Waals surface area contributed by atoms with Crippen LogP contribution < -0.4 is 5.73 Å². The second kappa shape index (κ2) is 6.78. The zero-order chi connectivity index (χ0) is 19.0. The van der Waals surface area contributed by atoms with Crippen molar-refractivity contribution in [1.29, 1.82) is 5.26 Å². The summed E-state index contributed by atoms with van der Waals surface area (Å²) >= 11 is 3.59. The van der Waals surface area contributed by atoms with Crippen LogP contribution in [0.5, 0.6) is 0 Å². The molecule has 0 fully saturated rings. The molecule has 0 bridgehead atoms. The van der Waals surface area contributed by atoms with E-state index in [-0.39, 0.29) is 11.9 Å². The summed E-state index contributed by atoms with van der Waals surface area (Å²) in [6, 6.07) is 14.9. The van der Waals surface area contributed by atoms with E-state index in [0.717, 1.165) is 11.3 Å². The molecule has 3 heterocycles.